The van der Waals surface area contributed by atoms with Gasteiger partial charge in [-0.1, -0.05) is 48.5 Å². The van der Waals surface area contributed by atoms with Gasteiger partial charge in [-0.25, -0.2) is 9.48 Å². The van der Waals surface area contributed by atoms with E-state index in [1.54, 1.807) is 17.1 Å². The molecule has 0 spiro atoms. The second-order valence-electron chi connectivity index (χ2n) is 5.68. The first kappa shape index (κ1) is 16.7. The van der Waals surface area contributed by atoms with E-state index < -0.39 is 0 Å². The monoisotopic (exact) mass is 336 g/mol. The summed E-state index contributed by atoms with van der Waals surface area (Å²) >= 11 is 0. The maximum atomic E-state index is 12.1. The van der Waals surface area contributed by atoms with Gasteiger partial charge in [0.05, 0.1) is 36.4 Å². The molecule has 6 nitrogen and oxygen atoms in total. The van der Waals surface area contributed by atoms with Gasteiger partial charge in [0.15, 0.2) is 0 Å². The lowest BCUT2D eigenvalue weighted by Crippen LogP contribution is -2.41. The number of nitrogens with zero attached hydrogens (tertiary/aromatic N) is 2. The topological polar surface area (TPSA) is 79.2 Å². The minimum Gasteiger partial charge on any atom is -0.394 e. The van der Waals surface area contributed by atoms with E-state index in [9.17, 15) is 9.90 Å². The normalized spacial score (nSPS) is 11.7. The van der Waals surface area contributed by atoms with Gasteiger partial charge in [0.2, 0.25) is 0 Å². The highest BCUT2D eigenvalue weighted by Gasteiger charge is 2.13. The summed E-state index contributed by atoms with van der Waals surface area (Å²) < 4.78 is 1.68. The molecule has 2 amide bonds. The van der Waals surface area contributed by atoms with E-state index in [2.05, 4.69) is 15.7 Å². The average molecular weight is 336 g/mol. The van der Waals surface area contributed by atoms with Crippen LogP contribution in [-0.2, 0) is 6.42 Å². The molecule has 0 aliphatic carbocycles. The van der Waals surface area contributed by atoms with Crippen LogP contribution >= 0.6 is 0 Å². The lowest BCUT2D eigenvalue weighted by molar-refractivity contribution is 0.224. The molecule has 25 heavy (non-hydrogen) atoms. The number of benzene rings is 2. The first-order chi connectivity index (χ1) is 12.2. The van der Waals surface area contributed by atoms with Gasteiger partial charge in [-0.2, -0.15) is 5.10 Å². The highest BCUT2D eigenvalue weighted by Crippen LogP contribution is 2.11. The summed E-state index contributed by atoms with van der Waals surface area (Å²) in [5.74, 6) is 0. The maximum absolute atomic E-state index is 12.1. The summed E-state index contributed by atoms with van der Waals surface area (Å²) in [5, 5.41) is 19.2. The van der Waals surface area contributed by atoms with Crippen molar-refractivity contribution < 1.29 is 9.90 Å². The molecule has 0 saturated carbocycles. The third-order valence-corrected chi connectivity index (χ3v) is 3.74. The quantitative estimate of drug-likeness (QED) is 0.647. The average Bonchev–Trinajstić information content (AvgIpc) is 3.11. The number of nitrogens with one attached hydrogen (secondary N) is 2. The molecule has 1 aromatic heterocycles. The van der Waals surface area contributed by atoms with Gasteiger partial charge in [-0.05, 0) is 24.1 Å². The minimum atomic E-state index is -0.373. The molecule has 3 rings (SSSR count). The minimum absolute atomic E-state index is 0.133. The van der Waals surface area contributed by atoms with Crippen molar-refractivity contribution in [2.24, 2.45) is 0 Å². The van der Waals surface area contributed by atoms with Crippen LogP contribution < -0.4 is 10.6 Å². The van der Waals surface area contributed by atoms with Crippen molar-refractivity contribution in [3.8, 4) is 5.69 Å². The zero-order valence-corrected chi connectivity index (χ0v) is 13.7. The number of urea groups is 1. The van der Waals surface area contributed by atoms with E-state index in [1.807, 2.05) is 60.7 Å². The number of para-hydroxylation sites is 1. The Balaban J connectivity index is 1.57. The van der Waals surface area contributed by atoms with Crippen molar-refractivity contribution in [1.82, 2.24) is 15.1 Å². The van der Waals surface area contributed by atoms with E-state index in [0.29, 0.717) is 12.1 Å². The van der Waals surface area contributed by atoms with Crippen molar-refractivity contribution in [3.05, 3.63) is 78.6 Å². The Morgan fingerprint density at radius 3 is 2.44 bits per heavy atom. The van der Waals surface area contributed by atoms with Crippen LogP contribution in [0.25, 0.3) is 5.69 Å². The number of anilines is 1. The van der Waals surface area contributed by atoms with Crippen molar-refractivity contribution in [2.75, 3.05) is 11.9 Å². The van der Waals surface area contributed by atoms with Crippen LogP contribution in [0.1, 0.15) is 5.56 Å². The highest BCUT2D eigenvalue weighted by atomic mass is 16.3. The molecule has 0 aliphatic heterocycles. The molecule has 0 saturated heterocycles. The van der Waals surface area contributed by atoms with Gasteiger partial charge >= 0.3 is 6.03 Å². The lowest BCUT2D eigenvalue weighted by atomic mass is 10.1. The Labute approximate surface area is 146 Å². The summed E-state index contributed by atoms with van der Waals surface area (Å²) in [6.07, 6.45) is 3.88. The zero-order chi connectivity index (χ0) is 17.5. The predicted octanol–water partition coefficient (Wildman–Crippen LogP) is 2.60. The Morgan fingerprint density at radius 1 is 1.08 bits per heavy atom. The van der Waals surface area contributed by atoms with Gasteiger partial charge in [0, 0.05) is 0 Å². The third kappa shape index (κ3) is 4.68. The van der Waals surface area contributed by atoms with Crippen LogP contribution in [0, 0.1) is 0 Å². The SMILES string of the molecule is O=C(Nc1cnn(-c2ccccc2)c1)N[C@H](CO)Cc1ccccc1. The van der Waals surface area contributed by atoms with Gasteiger partial charge < -0.3 is 15.7 Å². The van der Waals surface area contributed by atoms with Crippen LogP contribution in [0.15, 0.2) is 73.1 Å². The third-order valence-electron chi connectivity index (χ3n) is 3.74. The van der Waals surface area contributed by atoms with Gasteiger partial charge in [-0.15, -0.1) is 0 Å². The van der Waals surface area contributed by atoms with Gasteiger partial charge in [-0.3, -0.25) is 0 Å². The van der Waals surface area contributed by atoms with E-state index in [4.69, 9.17) is 0 Å². The summed E-state index contributed by atoms with van der Waals surface area (Å²) in [7, 11) is 0. The van der Waals surface area contributed by atoms with Crippen molar-refractivity contribution in [3.63, 3.8) is 0 Å². The molecule has 0 unspecified atom stereocenters. The Morgan fingerprint density at radius 2 is 1.76 bits per heavy atom. The zero-order valence-electron chi connectivity index (χ0n) is 13.7. The second-order valence-corrected chi connectivity index (χ2v) is 5.68. The number of aliphatic hydroxyl groups is 1. The molecule has 3 aromatic rings. The summed E-state index contributed by atoms with van der Waals surface area (Å²) in [5.41, 5.74) is 2.55. The van der Waals surface area contributed by atoms with Crippen LogP contribution in [0.3, 0.4) is 0 Å². The lowest BCUT2D eigenvalue weighted by Gasteiger charge is -2.16. The Kier molecular flexibility index (Phi) is 5.43. The highest BCUT2D eigenvalue weighted by molar-refractivity contribution is 5.89. The van der Waals surface area contributed by atoms with E-state index >= 15 is 0 Å². The molecule has 1 atom stereocenters. The van der Waals surface area contributed by atoms with Crippen LogP contribution in [0.5, 0.6) is 0 Å². The number of aliphatic hydroxyl groups excluding tert-OH is 1. The number of aromatic nitrogens is 2. The molecule has 0 fully saturated rings. The van der Waals surface area contributed by atoms with Crippen LogP contribution in [0.4, 0.5) is 10.5 Å². The summed E-state index contributed by atoms with van der Waals surface area (Å²) in [6, 6.07) is 18.6. The van der Waals surface area contributed by atoms with Crippen LogP contribution in [0.2, 0.25) is 0 Å². The number of carbonyl (C=O) groups excluding carboxylic acids is 1. The van der Waals surface area contributed by atoms with Gasteiger partial charge in [0.1, 0.15) is 0 Å². The molecule has 3 N–H and O–H groups in total. The fraction of sp³-hybridized carbons (Fsp3) is 0.158. The largest absolute Gasteiger partial charge is 0.394 e. The van der Waals surface area contributed by atoms with Crippen LogP contribution in [-0.4, -0.2) is 33.6 Å². The fourth-order valence-corrected chi connectivity index (χ4v) is 2.52. The molecule has 0 radical (unpaired) electrons. The molecule has 2 aromatic carbocycles. The van der Waals surface area contributed by atoms with Gasteiger partial charge in [0.25, 0.3) is 0 Å². The smallest absolute Gasteiger partial charge is 0.319 e. The molecule has 6 heteroatoms. The molecule has 1 heterocycles. The predicted molar refractivity (Wildman–Crippen MR) is 96.7 cm³/mol. The van der Waals surface area contributed by atoms with Crippen molar-refractivity contribution in [2.45, 2.75) is 12.5 Å². The second kappa shape index (κ2) is 8.12. The molecular formula is C19H20N4O2. The van der Waals surface area contributed by atoms with E-state index in [0.717, 1.165) is 11.3 Å². The van der Waals surface area contributed by atoms with E-state index in [-0.39, 0.29) is 18.7 Å². The number of rotatable bonds is 6. The van der Waals surface area contributed by atoms with E-state index in [1.165, 1.54) is 0 Å². The maximum Gasteiger partial charge on any atom is 0.319 e. The number of carbonyl (C=O) groups is 1. The fourth-order valence-electron chi connectivity index (χ4n) is 2.52. The molecular weight excluding hydrogens is 316 g/mol. The first-order valence-electron chi connectivity index (χ1n) is 8.07. The summed E-state index contributed by atoms with van der Waals surface area (Å²) in [6.45, 7) is -0.133. The standard InChI is InChI=1S/C19H20N4O2/c24-14-16(11-15-7-3-1-4-8-15)21-19(25)22-17-12-20-23(13-17)18-9-5-2-6-10-18/h1-10,12-13,16,24H,11,14H2,(H2,21,22,25)/t16-/m0/s1. The Hall–Kier alpha value is -3.12. The number of hydrogen-bond donors (Lipinski definition) is 3. The number of hydrogen-bond acceptors (Lipinski definition) is 3. The van der Waals surface area contributed by atoms with Crippen molar-refractivity contribution >= 4 is 11.7 Å². The Bertz CT molecular complexity index is 803. The molecule has 0 bridgehead atoms. The first-order valence-corrected chi connectivity index (χ1v) is 8.07. The molecule has 128 valence electrons. The molecule has 0 aliphatic rings. The summed E-state index contributed by atoms with van der Waals surface area (Å²) in [4.78, 5) is 12.1. The number of amides is 2. The van der Waals surface area contributed by atoms with Crippen molar-refractivity contribution in [1.29, 1.82) is 0 Å².